The average Bonchev–Trinajstić information content (AvgIpc) is 3.26. The zero-order valence-electron chi connectivity index (χ0n) is 15.4. The molecule has 0 fully saturated rings. The number of nitrogens with zero attached hydrogens (tertiary/aromatic N) is 3. The summed E-state index contributed by atoms with van der Waals surface area (Å²) >= 11 is 0. The zero-order chi connectivity index (χ0) is 19.8. The molecular weight excluding hydrogens is 356 g/mol. The van der Waals surface area contributed by atoms with Crippen molar-refractivity contribution >= 4 is 23.4 Å². The molecule has 2 aromatic carbocycles. The number of anilines is 1. The number of aromatic nitrogens is 2. The molecule has 3 amide bonds. The van der Waals surface area contributed by atoms with E-state index >= 15 is 0 Å². The normalized spacial score (nSPS) is 13.2. The van der Waals surface area contributed by atoms with Gasteiger partial charge in [0.15, 0.2) is 5.69 Å². The largest absolute Gasteiger partial charge is 0.348 e. The van der Waals surface area contributed by atoms with Crippen LogP contribution in [-0.2, 0) is 0 Å². The van der Waals surface area contributed by atoms with Crippen LogP contribution in [0.2, 0.25) is 0 Å². The molecule has 0 spiro atoms. The van der Waals surface area contributed by atoms with Crippen molar-refractivity contribution in [2.75, 3.05) is 4.90 Å². The molecule has 0 atom stereocenters. The lowest BCUT2D eigenvalue weighted by Gasteiger charge is -2.14. The van der Waals surface area contributed by atoms with Crippen LogP contribution in [0.15, 0.2) is 60.8 Å². The fraction of sp³-hybridized carbons (Fsp3) is 0.143. The van der Waals surface area contributed by atoms with Gasteiger partial charge in [-0.25, -0.2) is 9.58 Å². The Bertz CT molecular complexity index is 1050. The van der Waals surface area contributed by atoms with Crippen LogP contribution >= 0.6 is 0 Å². The maximum Gasteiger partial charge on any atom is 0.271 e. The number of carbonyl (C=O) groups excluding carboxylic acids is 3. The van der Waals surface area contributed by atoms with Gasteiger partial charge in [-0.15, -0.1) is 0 Å². The number of hydrogen-bond acceptors (Lipinski definition) is 4. The van der Waals surface area contributed by atoms with Crippen molar-refractivity contribution in [3.05, 3.63) is 77.6 Å². The highest BCUT2D eigenvalue weighted by molar-refractivity contribution is 6.34. The number of nitrogens with one attached hydrogen (secondary N) is 1. The maximum atomic E-state index is 12.6. The Morgan fingerprint density at radius 3 is 2.04 bits per heavy atom. The highest BCUT2D eigenvalue weighted by atomic mass is 16.2. The molecule has 0 bridgehead atoms. The van der Waals surface area contributed by atoms with Gasteiger partial charge < -0.3 is 5.32 Å². The summed E-state index contributed by atoms with van der Waals surface area (Å²) in [5.74, 6) is -0.906. The van der Waals surface area contributed by atoms with Crippen LogP contribution in [0.5, 0.6) is 0 Å². The zero-order valence-corrected chi connectivity index (χ0v) is 15.4. The monoisotopic (exact) mass is 374 g/mol. The Hall–Kier alpha value is -3.74. The van der Waals surface area contributed by atoms with Crippen molar-refractivity contribution in [3.63, 3.8) is 0 Å². The van der Waals surface area contributed by atoms with E-state index in [1.165, 1.54) is 4.90 Å². The molecule has 7 heteroatoms. The van der Waals surface area contributed by atoms with E-state index < -0.39 is 0 Å². The van der Waals surface area contributed by atoms with E-state index in [1.54, 1.807) is 65.5 Å². The van der Waals surface area contributed by atoms with E-state index in [0.29, 0.717) is 28.2 Å². The minimum Gasteiger partial charge on any atom is -0.348 e. The highest BCUT2D eigenvalue weighted by Crippen LogP contribution is 2.28. The molecule has 1 N–H and O–H groups in total. The fourth-order valence-corrected chi connectivity index (χ4v) is 3.10. The van der Waals surface area contributed by atoms with Crippen LogP contribution in [-0.4, -0.2) is 33.5 Å². The van der Waals surface area contributed by atoms with Gasteiger partial charge in [-0.3, -0.25) is 14.4 Å². The third-order valence-electron chi connectivity index (χ3n) is 4.41. The van der Waals surface area contributed by atoms with Crippen molar-refractivity contribution in [2.24, 2.45) is 0 Å². The molecule has 1 aliphatic rings. The Morgan fingerprint density at radius 2 is 1.46 bits per heavy atom. The van der Waals surface area contributed by atoms with Crippen LogP contribution in [0.3, 0.4) is 0 Å². The summed E-state index contributed by atoms with van der Waals surface area (Å²) in [4.78, 5) is 38.3. The summed E-state index contributed by atoms with van der Waals surface area (Å²) < 4.78 is 1.57. The summed E-state index contributed by atoms with van der Waals surface area (Å²) in [5, 5.41) is 7.07. The van der Waals surface area contributed by atoms with Gasteiger partial charge in [-0.1, -0.05) is 12.1 Å². The molecule has 1 aliphatic heterocycles. The van der Waals surface area contributed by atoms with Gasteiger partial charge in [0.05, 0.1) is 22.5 Å². The standard InChI is InChI=1S/C21H18N4O3/c1-13(2)22-19(26)18-11-12-24(23-18)14-7-9-15(10-8-14)25-20(27)16-5-3-4-6-17(16)21(25)28/h3-13H,1-2H3,(H,22,26). The van der Waals surface area contributed by atoms with Crippen molar-refractivity contribution < 1.29 is 14.4 Å². The van der Waals surface area contributed by atoms with Crippen LogP contribution in [0, 0.1) is 0 Å². The summed E-state index contributed by atoms with van der Waals surface area (Å²) in [5.41, 5.74) is 2.33. The molecule has 0 aliphatic carbocycles. The van der Waals surface area contributed by atoms with Crippen LogP contribution in [0.1, 0.15) is 45.1 Å². The molecule has 2 heterocycles. The predicted molar refractivity (Wildman–Crippen MR) is 104 cm³/mol. The van der Waals surface area contributed by atoms with E-state index in [2.05, 4.69) is 10.4 Å². The average molecular weight is 374 g/mol. The lowest BCUT2D eigenvalue weighted by atomic mass is 10.1. The van der Waals surface area contributed by atoms with Crippen molar-refractivity contribution in [1.29, 1.82) is 0 Å². The van der Waals surface area contributed by atoms with E-state index in [1.807, 2.05) is 13.8 Å². The third kappa shape index (κ3) is 2.96. The van der Waals surface area contributed by atoms with E-state index in [9.17, 15) is 14.4 Å². The molecule has 28 heavy (non-hydrogen) atoms. The lowest BCUT2D eigenvalue weighted by Crippen LogP contribution is -2.30. The quantitative estimate of drug-likeness (QED) is 0.712. The van der Waals surface area contributed by atoms with Crippen molar-refractivity contribution in [2.45, 2.75) is 19.9 Å². The molecule has 140 valence electrons. The number of hydrogen-bond donors (Lipinski definition) is 1. The van der Waals surface area contributed by atoms with Crippen molar-refractivity contribution in [1.82, 2.24) is 15.1 Å². The number of benzene rings is 2. The first-order chi connectivity index (χ1) is 13.5. The molecule has 4 rings (SSSR count). The van der Waals surface area contributed by atoms with Gasteiger partial charge in [0.2, 0.25) is 0 Å². The first-order valence-corrected chi connectivity index (χ1v) is 8.90. The van der Waals surface area contributed by atoms with Gasteiger partial charge in [0.25, 0.3) is 17.7 Å². The Morgan fingerprint density at radius 1 is 0.893 bits per heavy atom. The summed E-state index contributed by atoms with van der Waals surface area (Å²) in [6.45, 7) is 3.76. The number of rotatable bonds is 4. The van der Waals surface area contributed by atoms with Crippen molar-refractivity contribution in [3.8, 4) is 5.69 Å². The predicted octanol–water partition coefficient (Wildman–Crippen LogP) is 2.81. The summed E-state index contributed by atoms with van der Waals surface area (Å²) in [7, 11) is 0. The minimum absolute atomic E-state index is 0.0246. The van der Waals surface area contributed by atoms with Crippen LogP contribution in [0.4, 0.5) is 5.69 Å². The Balaban J connectivity index is 1.57. The molecule has 0 radical (unpaired) electrons. The smallest absolute Gasteiger partial charge is 0.271 e. The lowest BCUT2D eigenvalue weighted by molar-refractivity contribution is 0.0919. The summed E-state index contributed by atoms with van der Waals surface area (Å²) in [6, 6.07) is 15.3. The molecule has 0 saturated heterocycles. The molecule has 1 aromatic heterocycles. The van der Waals surface area contributed by atoms with Gasteiger partial charge >= 0.3 is 0 Å². The van der Waals surface area contributed by atoms with Gasteiger partial charge in [-0.2, -0.15) is 5.10 Å². The fourth-order valence-electron chi connectivity index (χ4n) is 3.10. The first-order valence-electron chi connectivity index (χ1n) is 8.90. The van der Waals surface area contributed by atoms with Gasteiger partial charge in [0, 0.05) is 12.2 Å². The number of amides is 3. The number of carbonyl (C=O) groups is 3. The second-order valence-corrected chi connectivity index (χ2v) is 6.78. The molecule has 0 unspecified atom stereocenters. The third-order valence-corrected chi connectivity index (χ3v) is 4.41. The summed E-state index contributed by atoms with van der Waals surface area (Å²) in [6.07, 6.45) is 1.69. The van der Waals surface area contributed by atoms with Gasteiger partial charge in [-0.05, 0) is 56.3 Å². The van der Waals surface area contributed by atoms with Crippen LogP contribution in [0.25, 0.3) is 5.69 Å². The maximum absolute atomic E-state index is 12.6. The second kappa shape index (κ2) is 6.77. The topological polar surface area (TPSA) is 84.3 Å². The molecule has 3 aromatic rings. The first kappa shape index (κ1) is 17.7. The molecule has 0 saturated carbocycles. The highest BCUT2D eigenvalue weighted by Gasteiger charge is 2.36. The number of fused-ring (bicyclic) bond motifs is 1. The Kier molecular flexibility index (Phi) is 4.27. The van der Waals surface area contributed by atoms with E-state index in [4.69, 9.17) is 0 Å². The van der Waals surface area contributed by atoms with Gasteiger partial charge in [0.1, 0.15) is 0 Å². The van der Waals surface area contributed by atoms with E-state index in [0.717, 1.165) is 0 Å². The molecular formula is C21H18N4O3. The Labute approximate surface area is 161 Å². The number of imide groups is 1. The minimum atomic E-state index is -0.333. The second-order valence-electron chi connectivity index (χ2n) is 6.78. The van der Waals surface area contributed by atoms with Crippen LogP contribution < -0.4 is 10.2 Å². The SMILES string of the molecule is CC(C)NC(=O)c1ccn(-c2ccc(N3C(=O)c4ccccc4C3=O)cc2)n1. The molecule has 7 nitrogen and oxygen atoms in total. The van der Waals surface area contributed by atoms with E-state index in [-0.39, 0.29) is 23.8 Å².